The van der Waals surface area contributed by atoms with Crippen LogP contribution in [0.25, 0.3) is 0 Å². The minimum absolute atomic E-state index is 0. The third-order valence-corrected chi connectivity index (χ3v) is 13.2. The largest absolute Gasteiger partial charge is 0.639 e. The van der Waals surface area contributed by atoms with Crippen molar-refractivity contribution in [1.82, 2.24) is 31.9 Å². The molecule has 0 saturated heterocycles. The Hall–Kier alpha value is -3.61. The molecule has 14 N–H and O–H groups in total. The molecule has 1 aromatic carbocycles. The van der Waals surface area contributed by atoms with E-state index in [1.54, 1.807) is 0 Å². The van der Waals surface area contributed by atoms with Crippen molar-refractivity contribution in [1.29, 1.82) is 0 Å². The Morgan fingerprint density at radius 2 is 1.01 bits per heavy atom. The van der Waals surface area contributed by atoms with Crippen LogP contribution in [0.15, 0.2) is 24.3 Å². The number of ether oxygens (including phenoxy) is 2. The zero-order valence-electron chi connectivity index (χ0n) is 35.7. The van der Waals surface area contributed by atoms with Crippen LogP contribution in [-0.2, 0) is 123 Å². The predicted molar refractivity (Wildman–Crippen MR) is 237 cm³/mol. The van der Waals surface area contributed by atoms with E-state index in [1.165, 1.54) is 18.2 Å². The van der Waals surface area contributed by atoms with Crippen LogP contribution < -0.4 is 43.4 Å². The summed E-state index contributed by atoms with van der Waals surface area (Å²) in [7, 11) is 9.65. The summed E-state index contributed by atoms with van der Waals surface area (Å²) in [5, 5.41) is 48.4. The van der Waals surface area contributed by atoms with Gasteiger partial charge in [-0.05, 0) is 31.0 Å². The number of benzene rings is 1. The van der Waals surface area contributed by atoms with Crippen LogP contribution in [0.4, 0.5) is 0 Å². The van der Waals surface area contributed by atoms with E-state index in [4.69, 9.17) is 31.9 Å². The summed E-state index contributed by atoms with van der Waals surface area (Å²) in [6.07, 6.45) is -1.27. The van der Waals surface area contributed by atoms with Gasteiger partial charge in [0.25, 0.3) is 23.8 Å². The normalized spacial score (nSPS) is 13.0. The van der Waals surface area contributed by atoms with Gasteiger partial charge in [-0.25, -0.2) is 0 Å². The standard InChI is InChI=1S/C36H48N8O18S4.2Y/c1-61-35(59)23(16-64-63-14-21(31(53)40-12-27(47)48)42-25(45)8-6-19(37)33(55)56)44-30(52)18-5-3-4-17(10-18)29(51)39-11-24(36(60)62-2)66-65-15-22(32(54)41-13-28(49)50)43-26(46)9-7-20(38)34(57)58;;/h3-5,10,19-24H,1-2,6-9,11-16,37-38H2,(H,39,51)(H,40,53)(H,41,54)(H,42,45)(H,43,46)(H,44,52)(H,47,48)(H,49,50)(H,55,56)(H,57,58);;/q-2;;. The van der Waals surface area contributed by atoms with Crippen molar-refractivity contribution in [3.05, 3.63) is 49.6 Å². The molecule has 26 nitrogen and oxygen atoms in total. The molecule has 6 unspecified atom stereocenters. The zero-order valence-corrected chi connectivity index (χ0v) is 44.6. The molecule has 0 aliphatic carbocycles. The van der Waals surface area contributed by atoms with Gasteiger partial charge in [-0.1, -0.05) is 49.2 Å². The van der Waals surface area contributed by atoms with Crippen molar-refractivity contribution in [2.75, 3.05) is 36.9 Å². The van der Waals surface area contributed by atoms with Crippen LogP contribution in [-0.4, -0.2) is 164 Å². The van der Waals surface area contributed by atoms with Gasteiger partial charge in [0.2, 0.25) is 23.6 Å². The molecule has 0 aliphatic rings. The fourth-order valence-corrected chi connectivity index (χ4v) is 9.36. The minimum Gasteiger partial charge on any atom is -0.639 e. The molecule has 0 aromatic heterocycles. The number of nitrogens with one attached hydrogen (secondary N) is 6. The molecular weight excluding hydrogens is 1140 g/mol. The van der Waals surface area contributed by atoms with Crippen molar-refractivity contribution in [3.63, 3.8) is 0 Å². The van der Waals surface area contributed by atoms with Gasteiger partial charge in [0, 0.05) is 113 Å². The molecule has 6 amide bonds. The number of hydrogen-bond donors (Lipinski definition) is 12. The number of rotatable bonds is 32. The van der Waals surface area contributed by atoms with Crippen molar-refractivity contribution in [2.24, 2.45) is 11.5 Å². The summed E-state index contributed by atoms with van der Waals surface area (Å²) in [4.78, 5) is 146. The molecule has 0 fully saturated rings. The second-order valence-electron chi connectivity index (χ2n) is 13.1. The molecular formula is C36H48N8O18S4Y2-2. The number of aliphatic carboxylic acids is 4. The molecule has 32 heteroatoms. The summed E-state index contributed by atoms with van der Waals surface area (Å²) >= 11 is 0. The first-order valence-corrected chi connectivity index (χ1v) is 23.6. The van der Waals surface area contributed by atoms with E-state index in [2.05, 4.69) is 55.6 Å². The SMILES string of the molecule is [CH2-]OC(=O)C(CSSCC(NC(=O)CCC(N)C(=O)O)C(=O)NCC(=O)O)NC(=O)c1cccc(C(=O)NCC(SSCC(NC(=O)CCC(N)C(=O)O)C(=O)NCC(=O)O)C(=O)O[CH2-])c1.[Y].[Y]. The average Bonchev–Trinajstić information content (AvgIpc) is 3.28. The predicted octanol–water partition coefficient (Wildman–Crippen LogP) is -2.93. The second kappa shape index (κ2) is 36.3. The maximum atomic E-state index is 13.3. The molecule has 372 valence electrons. The van der Waals surface area contributed by atoms with Gasteiger partial charge in [-0.15, -0.1) is 0 Å². The van der Waals surface area contributed by atoms with Gasteiger partial charge < -0.3 is 73.3 Å². The van der Waals surface area contributed by atoms with Crippen LogP contribution in [0, 0.1) is 14.2 Å². The van der Waals surface area contributed by atoms with Crippen LogP contribution >= 0.6 is 43.2 Å². The Balaban J connectivity index is 0. The van der Waals surface area contributed by atoms with Crippen molar-refractivity contribution in [3.8, 4) is 0 Å². The second-order valence-corrected chi connectivity index (χ2v) is 18.3. The van der Waals surface area contributed by atoms with Gasteiger partial charge in [0.1, 0.15) is 48.5 Å². The number of carbonyl (C=O) groups excluding carboxylic acids is 8. The summed E-state index contributed by atoms with van der Waals surface area (Å²) in [6.45, 7) is -1.95. The van der Waals surface area contributed by atoms with E-state index < -0.39 is 126 Å². The Labute approximate surface area is 454 Å². The monoisotopic (exact) mass is 1190 g/mol. The minimum atomic E-state index is -1.38. The topological polar surface area (TPSA) is 428 Å². The first-order chi connectivity index (χ1) is 31.1. The van der Waals surface area contributed by atoms with E-state index in [1.807, 2.05) is 0 Å². The number of esters is 2. The van der Waals surface area contributed by atoms with Crippen molar-refractivity contribution >= 4 is 114 Å². The maximum absolute atomic E-state index is 13.3. The molecule has 1 rings (SSSR count). The Bertz CT molecular complexity index is 1940. The van der Waals surface area contributed by atoms with Gasteiger partial charge in [0.15, 0.2) is 0 Å². The number of nitrogens with two attached hydrogens (primary N) is 2. The first kappa shape index (κ1) is 66.5. The molecule has 0 aliphatic heterocycles. The summed E-state index contributed by atoms with van der Waals surface area (Å²) in [5.74, 6) is -12.9. The van der Waals surface area contributed by atoms with Crippen molar-refractivity contribution < 1.29 is 153 Å². The van der Waals surface area contributed by atoms with Crippen LogP contribution in [0.5, 0.6) is 0 Å². The van der Waals surface area contributed by atoms with E-state index in [9.17, 15) is 57.5 Å². The summed E-state index contributed by atoms with van der Waals surface area (Å²) in [5.41, 5.74) is 10.6. The maximum Gasteiger partial charge on any atom is 0.322 e. The molecule has 0 saturated carbocycles. The van der Waals surface area contributed by atoms with Crippen LogP contribution in [0.3, 0.4) is 0 Å². The fourth-order valence-electron chi connectivity index (χ4n) is 4.56. The average molecular weight is 1190 g/mol. The quantitative estimate of drug-likeness (QED) is 0.0149. The zero-order chi connectivity index (χ0) is 49.9. The van der Waals surface area contributed by atoms with Gasteiger partial charge in [-0.3, -0.25) is 57.5 Å². The van der Waals surface area contributed by atoms with E-state index in [-0.39, 0.29) is 119 Å². The van der Waals surface area contributed by atoms with Crippen LogP contribution in [0.1, 0.15) is 46.4 Å². The van der Waals surface area contributed by atoms with E-state index in [0.29, 0.717) is 0 Å². The number of hydrogen-bond acceptors (Lipinski definition) is 20. The number of carboxylic acids is 4. The van der Waals surface area contributed by atoms with Gasteiger partial charge >= 0.3 is 23.9 Å². The third-order valence-electron chi connectivity index (χ3n) is 8.07. The van der Waals surface area contributed by atoms with Crippen molar-refractivity contribution in [2.45, 2.75) is 61.1 Å². The number of amides is 6. The molecule has 0 heterocycles. The molecule has 6 atom stereocenters. The number of carboxylic acid groups (broad SMARTS) is 4. The summed E-state index contributed by atoms with van der Waals surface area (Å²) in [6, 6.07) is -1.59. The molecule has 0 spiro atoms. The smallest absolute Gasteiger partial charge is 0.322 e. The Kier molecular flexibility index (Phi) is 35.5. The third kappa shape index (κ3) is 27.5. The number of carbonyl (C=O) groups is 12. The Morgan fingerprint density at radius 1 is 0.588 bits per heavy atom. The molecule has 1 aromatic rings. The first-order valence-electron chi connectivity index (χ1n) is 18.8. The van der Waals surface area contributed by atoms with Crippen LogP contribution in [0.2, 0.25) is 0 Å². The summed E-state index contributed by atoms with van der Waals surface area (Å²) < 4.78 is 9.11. The van der Waals surface area contributed by atoms with E-state index >= 15 is 0 Å². The van der Waals surface area contributed by atoms with E-state index in [0.717, 1.165) is 49.2 Å². The fraction of sp³-hybridized carbons (Fsp3) is 0.444. The molecule has 68 heavy (non-hydrogen) atoms. The van der Waals surface area contributed by atoms with Gasteiger partial charge in [0.05, 0.1) is 0 Å². The molecule has 0 bridgehead atoms. The molecule has 2 radical (unpaired) electrons. The van der Waals surface area contributed by atoms with Gasteiger partial charge in [-0.2, -0.15) is 14.2 Å². The Morgan fingerprint density at radius 3 is 1.44 bits per heavy atom.